The molecule has 1 rings (SSSR count). The van der Waals surface area contributed by atoms with Crippen LogP contribution in [0.5, 0.6) is 0 Å². The predicted molar refractivity (Wildman–Crippen MR) is 53.8 cm³/mol. The molecule has 1 aliphatic rings. The topological polar surface area (TPSA) is 83.9 Å². The summed E-state index contributed by atoms with van der Waals surface area (Å²) in [5.74, 6) is -4.04. The van der Waals surface area contributed by atoms with E-state index in [4.69, 9.17) is 9.84 Å². The van der Waals surface area contributed by atoms with Crippen molar-refractivity contribution < 1.29 is 24.2 Å². The molecule has 0 radical (unpaired) electrons. The minimum Gasteiger partial charge on any atom is -0.475 e. The SMILES string of the molecule is CCC(C(=O)C(=O)O)C(=O)N1CCOCC1. The fraction of sp³-hybridized carbons (Fsp3) is 0.700. The van der Waals surface area contributed by atoms with Crippen molar-refractivity contribution in [3.63, 3.8) is 0 Å². The Labute approximate surface area is 93.2 Å². The van der Waals surface area contributed by atoms with Crippen LogP contribution in [0.2, 0.25) is 0 Å². The lowest BCUT2D eigenvalue weighted by Gasteiger charge is -2.29. The van der Waals surface area contributed by atoms with Crippen molar-refractivity contribution in [2.75, 3.05) is 26.3 Å². The Hall–Kier alpha value is -1.43. The molecule has 6 heteroatoms. The standard InChI is InChI=1S/C10H15NO5/c1-2-7(8(12)10(14)15)9(13)11-3-5-16-6-4-11/h7H,2-6H2,1H3,(H,14,15). The Balaban J connectivity index is 2.68. The number of aliphatic carboxylic acids is 1. The minimum atomic E-state index is -1.55. The summed E-state index contributed by atoms with van der Waals surface area (Å²) in [7, 11) is 0. The second kappa shape index (κ2) is 5.60. The van der Waals surface area contributed by atoms with Crippen LogP contribution in [0.4, 0.5) is 0 Å². The van der Waals surface area contributed by atoms with Crippen molar-refractivity contribution in [3.05, 3.63) is 0 Å². The maximum atomic E-state index is 11.9. The van der Waals surface area contributed by atoms with Gasteiger partial charge in [-0.2, -0.15) is 0 Å². The lowest BCUT2D eigenvalue weighted by atomic mass is 9.99. The molecular weight excluding hydrogens is 214 g/mol. The van der Waals surface area contributed by atoms with E-state index < -0.39 is 23.6 Å². The first-order valence-electron chi connectivity index (χ1n) is 5.21. The van der Waals surface area contributed by atoms with Gasteiger partial charge < -0.3 is 14.7 Å². The van der Waals surface area contributed by atoms with Crippen LogP contribution in [0.15, 0.2) is 0 Å². The number of hydrogen-bond acceptors (Lipinski definition) is 4. The van der Waals surface area contributed by atoms with Gasteiger partial charge in [-0.15, -0.1) is 0 Å². The van der Waals surface area contributed by atoms with E-state index in [0.717, 1.165) is 0 Å². The van der Waals surface area contributed by atoms with Gasteiger partial charge in [-0.25, -0.2) is 4.79 Å². The average Bonchev–Trinajstić information content (AvgIpc) is 2.30. The number of carboxylic acids is 1. The van der Waals surface area contributed by atoms with Crippen LogP contribution in [0.25, 0.3) is 0 Å². The van der Waals surface area contributed by atoms with E-state index in [-0.39, 0.29) is 6.42 Å². The lowest BCUT2D eigenvalue weighted by Crippen LogP contribution is -2.46. The highest BCUT2D eigenvalue weighted by molar-refractivity contribution is 6.37. The molecule has 0 bridgehead atoms. The fourth-order valence-electron chi connectivity index (χ4n) is 1.63. The largest absolute Gasteiger partial charge is 0.475 e. The zero-order chi connectivity index (χ0) is 12.1. The predicted octanol–water partition coefficient (Wildman–Crippen LogP) is -0.475. The molecule has 1 fully saturated rings. The highest BCUT2D eigenvalue weighted by Crippen LogP contribution is 2.11. The summed E-state index contributed by atoms with van der Waals surface area (Å²) in [6.07, 6.45) is 0.210. The highest BCUT2D eigenvalue weighted by atomic mass is 16.5. The number of nitrogens with zero attached hydrogens (tertiary/aromatic N) is 1. The molecule has 0 aromatic rings. The van der Waals surface area contributed by atoms with Crippen LogP contribution >= 0.6 is 0 Å². The molecule has 1 amide bonds. The maximum Gasteiger partial charge on any atom is 0.373 e. The summed E-state index contributed by atoms with van der Waals surface area (Å²) in [6.45, 7) is 3.33. The minimum absolute atomic E-state index is 0.210. The highest BCUT2D eigenvalue weighted by Gasteiger charge is 2.33. The van der Waals surface area contributed by atoms with Crippen LogP contribution in [0, 0.1) is 5.92 Å². The lowest BCUT2D eigenvalue weighted by molar-refractivity contribution is -0.156. The smallest absolute Gasteiger partial charge is 0.373 e. The number of Topliss-reactive ketones (excluding diaryl/α,β-unsaturated/α-hetero) is 1. The van der Waals surface area contributed by atoms with E-state index in [0.29, 0.717) is 26.3 Å². The molecule has 0 aromatic carbocycles. The quantitative estimate of drug-likeness (QED) is 0.520. The van der Waals surface area contributed by atoms with E-state index in [1.165, 1.54) is 4.90 Å². The van der Waals surface area contributed by atoms with Crippen LogP contribution in [0.3, 0.4) is 0 Å². The Morgan fingerprint density at radius 3 is 2.31 bits per heavy atom. The summed E-state index contributed by atoms with van der Waals surface area (Å²) in [5.41, 5.74) is 0. The van der Waals surface area contributed by atoms with Gasteiger partial charge in [0.2, 0.25) is 5.91 Å². The third-order valence-electron chi connectivity index (χ3n) is 2.56. The molecule has 0 aromatic heterocycles. The van der Waals surface area contributed by atoms with Gasteiger partial charge in [0.15, 0.2) is 0 Å². The van der Waals surface area contributed by atoms with E-state index >= 15 is 0 Å². The molecule has 1 heterocycles. The average molecular weight is 229 g/mol. The van der Waals surface area contributed by atoms with Crippen molar-refractivity contribution in [1.29, 1.82) is 0 Å². The Morgan fingerprint density at radius 1 is 1.31 bits per heavy atom. The van der Waals surface area contributed by atoms with Gasteiger partial charge in [-0.3, -0.25) is 9.59 Å². The number of carbonyl (C=O) groups is 3. The summed E-state index contributed by atoms with van der Waals surface area (Å²) >= 11 is 0. The van der Waals surface area contributed by atoms with E-state index in [2.05, 4.69) is 0 Å². The van der Waals surface area contributed by atoms with E-state index in [1.54, 1.807) is 6.92 Å². The van der Waals surface area contributed by atoms with Gasteiger partial charge in [0.25, 0.3) is 5.78 Å². The molecular formula is C10H15NO5. The number of morpholine rings is 1. The number of ketones is 1. The van der Waals surface area contributed by atoms with Crippen molar-refractivity contribution in [3.8, 4) is 0 Å². The number of amides is 1. The van der Waals surface area contributed by atoms with E-state index in [1.807, 2.05) is 0 Å². The molecule has 90 valence electrons. The maximum absolute atomic E-state index is 11.9. The van der Waals surface area contributed by atoms with Gasteiger partial charge in [-0.1, -0.05) is 6.92 Å². The monoisotopic (exact) mass is 229 g/mol. The van der Waals surface area contributed by atoms with Gasteiger partial charge in [-0.05, 0) is 6.42 Å². The summed E-state index contributed by atoms with van der Waals surface area (Å²) in [6, 6.07) is 0. The molecule has 1 saturated heterocycles. The molecule has 1 aliphatic heterocycles. The summed E-state index contributed by atoms with van der Waals surface area (Å²) in [4.78, 5) is 35.2. The zero-order valence-electron chi connectivity index (χ0n) is 9.14. The van der Waals surface area contributed by atoms with Gasteiger partial charge in [0.1, 0.15) is 5.92 Å². The number of carbonyl (C=O) groups excluding carboxylic acids is 2. The molecule has 0 saturated carbocycles. The molecule has 0 aliphatic carbocycles. The summed E-state index contributed by atoms with van der Waals surface area (Å²) < 4.78 is 5.08. The number of ether oxygens (including phenoxy) is 1. The van der Waals surface area contributed by atoms with Crippen LogP contribution in [0.1, 0.15) is 13.3 Å². The first-order chi connectivity index (χ1) is 7.57. The molecule has 16 heavy (non-hydrogen) atoms. The first-order valence-corrected chi connectivity index (χ1v) is 5.21. The Bertz CT molecular complexity index is 296. The van der Waals surface area contributed by atoms with E-state index in [9.17, 15) is 14.4 Å². The second-order valence-corrected chi connectivity index (χ2v) is 3.57. The third kappa shape index (κ3) is 2.79. The van der Waals surface area contributed by atoms with Crippen molar-refractivity contribution in [2.45, 2.75) is 13.3 Å². The zero-order valence-corrected chi connectivity index (χ0v) is 9.14. The van der Waals surface area contributed by atoms with Crippen molar-refractivity contribution in [2.24, 2.45) is 5.92 Å². The molecule has 1 N–H and O–H groups in total. The molecule has 6 nitrogen and oxygen atoms in total. The number of hydrogen-bond donors (Lipinski definition) is 1. The van der Waals surface area contributed by atoms with Gasteiger partial charge in [0, 0.05) is 13.1 Å². The molecule has 1 unspecified atom stereocenters. The second-order valence-electron chi connectivity index (χ2n) is 3.57. The Morgan fingerprint density at radius 2 is 1.88 bits per heavy atom. The fourth-order valence-corrected chi connectivity index (χ4v) is 1.63. The Kier molecular flexibility index (Phi) is 4.42. The van der Waals surface area contributed by atoms with Crippen LogP contribution in [-0.2, 0) is 19.1 Å². The normalized spacial score (nSPS) is 17.9. The number of rotatable bonds is 4. The van der Waals surface area contributed by atoms with Gasteiger partial charge >= 0.3 is 5.97 Å². The first kappa shape index (κ1) is 12.6. The van der Waals surface area contributed by atoms with Crippen LogP contribution in [-0.4, -0.2) is 54.0 Å². The summed E-state index contributed by atoms with van der Waals surface area (Å²) in [5, 5.41) is 8.59. The molecule has 0 spiro atoms. The molecule has 1 atom stereocenters. The van der Waals surface area contributed by atoms with Crippen LogP contribution < -0.4 is 0 Å². The van der Waals surface area contributed by atoms with Crippen molar-refractivity contribution in [1.82, 2.24) is 4.90 Å². The van der Waals surface area contributed by atoms with Gasteiger partial charge in [0.05, 0.1) is 13.2 Å². The third-order valence-corrected chi connectivity index (χ3v) is 2.56. The number of carboxylic acid groups (broad SMARTS) is 1. The van der Waals surface area contributed by atoms with Crippen molar-refractivity contribution >= 4 is 17.7 Å².